The molecule has 0 saturated carbocycles. The van der Waals surface area contributed by atoms with E-state index in [1.54, 1.807) is 15.4 Å². The van der Waals surface area contributed by atoms with Crippen LogP contribution in [-0.4, -0.2) is 3.96 Å². The van der Waals surface area contributed by atoms with Gasteiger partial charge in [0.15, 0.2) is 0 Å². The van der Waals surface area contributed by atoms with Crippen molar-refractivity contribution in [1.82, 2.24) is 3.96 Å². The van der Waals surface area contributed by atoms with Gasteiger partial charge < -0.3 is 0 Å². The minimum atomic E-state index is 0.0410. The largest absolute Gasteiger partial charge is 0.268 e. The van der Waals surface area contributed by atoms with Crippen LogP contribution in [0.5, 0.6) is 0 Å². The number of aromatic nitrogens is 1. The van der Waals surface area contributed by atoms with Crippen LogP contribution in [0.2, 0.25) is 0 Å². The lowest BCUT2D eigenvalue weighted by Gasteiger charge is -2.03. The first-order chi connectivity index (χ1) is 6.29. The molecule has 1 heterocycles. The van der Waals surface area contributed by atoms with Crippen molar-refractivity contribution in [3.63, 3.8) is 0 Å². The SMILES string of the molecule is Cc1ccccc1-n1sccc1=O. The molecule has 1 aromatic heterocycles. The lowest BCUT2D eigenvalue weighted by Crippen LogP contribution is -2.10. The van der Waals surface area contributed by atoms with Gasteiger partial charge in [0.2, 0.25) is 0 Å². The van der Waals surface area contributed by atoms with E-state index < -0.39 is 0 Å². The third-order valence-corrected chi connectivity index (χ3v) is 2.76. The molecule has 0 radical (unpaired) electrons. The summed E-state index contributed by atoms with van der Waals surface area (Å²) in [7, 11) is 0. The number of hydrogen-bond acceptors (Lipinski definition) is 2. The van der Waals surface area contributed by atoms with E-state index in [9.17, 15) is 4.79 Å². The van der Waals surface area contributed by atoms with Gasteiger partial charge in [0.25, 0.3) is 5.56 Å². The summed E-state index contributed by atoms with van der Waals surface area (Å²) in [6.07, 6.45) is 0. The van der Waals surface area contributed by atoms with Gasteiger partial charge in [-0.3, -0.25) is 4.79 Å². The van der Waals surface area contributed by atoms with Gasteiger partial charge in [0.05, 0.1) is 5.69 Å². The lowest BCUT2D eigenvalue weighted by atomic mass is 10.2. The van der Waals surface area contributed by atoms with Crippen LogP contribution in [0.15, 0.2) is 40.5 Å². The Morgan fingerprint density at radius 3 is 2.62 bits per heavy atom. The molecule has 2 nitrogen and oxygen atoms in total. The normalized spacial score (nSPS) is 10.2. The maximum Gasteiger partial charge on any atom is 0.265 e. The minimum Gasteiger partial charge on any atom is -0.268 e. The highest BCUT2D eigenvalue weighted by Crippen LogP contribution is 2.13. The molecule has 0 atom stereocenters. The van der Waals surface area contributed by atoms with E-state index in [-0.39, 0.29) is 5.56 Å². The maximum atomic E-state index is 11.3. The van der Waals surface area contributed by atoms with Gasteiger partial charge in [-0.15, -0.1) is 0 Å². The van der Waals surface area contributed by atoms with Crippen LogP contribution in [0.4, 0.5) is 0 Å². The highest BCUT2D eigenvalue weighted by atomic mass is 32.1. The maximum absolute atomic E-state index is 11.3. The summed E-state index contributed by atoms with van der Waals surface area (Å²) >= 11 is 1.42. The fourth-order valence-electron chi connectivity index (χ4n) is 1.24. The van der Waals surface area contributed by atoms with E-state index in [0.717, 1.165) is 11.3 Å². The van der Waals surface area contributed by atoms with Crippen molar-refractivity contribution in [1.29, 1.82) is 0 Å². The summed E-state index contributed by atoms with van der Waals surface area (Å²) < 4.78 is 1.69. The van der Waals surface area contributed by atoms with E-state index in [1.807, 2.05) is 31.2 Å². The van der Waals surface area contributed by atoms with Crippen molar-refractivity contribution in [2.24, 2.45) is 0 Å². The second-order valence-electron chi connectivity index (χ2n) is 2.83. The van der Waals surface area contributed by atoms with Gasteiger partial charge in [-0.25, -0.2) is 3.96 Å². The number of aryl methyl sites for hydroxylation is 1. The van der Waals surface area contributed by atoms with E-state index in [1.165, 1.54) is 11.5 Å². The van der Waals surface area contributed by atoms with Gasteiger partial charge in [-0.1, -0.05) is 29.7 Å². The standard InChI is InChI=1S/C10H9NOS/c1-8-4-2-3-5-9(8)11-10(12)6-7-13-11/h2-7H,1H3. The van der Waals surface area contributed by atoms with Crippen LogP contribution in [0.1, 0.15) is 5.56 Å². The summed E-state index contributed by atoms with van der Waals surface area (Å²) in [5, 5.41) is 1.80. The highest BCUT2D eigenvalue weighted by Gasteiger charge is 2.01. The van der Waals surface area contributed by atoms with E-state index >= 15 is 0 Å². The number of nitrogens with zero attached hydrogens (tertiary/aromatic N) is 1. The fraction of sp³-hybridized carbons (Fsp3) is 0.100. The van der Waals surface area contributed by atoms with Gasteiger partial charge in [0.1, 0.15) is 0 Å². The van der Waals surface area contributed by atoms with E-state index in [0.29, 0.717) is 0 Å². The highest BCUT2D eigenvalue weighted by molar-refractivity contribution is 7.04. The Hall–Kier alpha value is -1.35. The number of benzene rings is 1. The Morgan fingerprint density at radius 2 is 2.00 bits per heavy atom. The topological polar surface area (TPSA) is 22.0 Å². The molecule has 0 aliphatic heterocycles. The van der Waals surface area contributed by atoms with Gasteiger partial charge in [0, 0.05) is 11.4 Å². The average molecular weight is 191 g/mol. The Morgan fingerprint density at radius 1 is 1.23 bits per heavy atom. The molecule has 0 unspecified atom stereocenters. The molecule has 0 saturated heterocycles. The first-order valence-corrected chi connectivity index (χ1v) is 4.86. The van der Waals surface area contributed by atoms with Gasteiger partial charge >= 0.3 is 0 Å². The van der Waals surface area contributed by atoms with Crippen molar-refractivity contribution >= 4 is 11.5 Å². The Bertz CT molecular complexity index is 470. The molecule has 0 aliphatic rings. The second-order valence-corrected chi connectivity index (χ2v) is 3.68. The van der Waals surface area contributed by atoms with Crippen LogP contribution in [0.25, 0.3) is 5.69 Å². The first-order valence-electron chi connectivity index (χ1n) is 4.02. The van der Waals surface area contributed by atoms with Crippen LogP contribution in [0.3, 0.4) is 0 Å². The Balaban J connectivity index is 2.66. The molecule has 13 heavy (non-hydrogen) atoms. The molecule has 66 valence electrons. The second kappa shape index (κ2) is 3.18. The number of para-hydroxylation sites is 1. The number of hydrogen-bond donors (Lipinski definition) is 0. The molecular formula is C10H9NOS. The molecule has 0 aliphatic carbocycles. The predicted molar refractivity (Wildman–Crippen MR) is 54.7 cm³/mol. The Kier molecular flexibility index (Phi) is 2.02. The Labute approximate surface area is 80.2 Å². The minimum absolute atomic E-state index is 0.0410. The average Bonchev–Trinajstić information content (AvgIpc) is 2.52. The quantitative estimate of drug-likeness (QED) is 0.677. The number of rotatable bonds is 1. The molecule has 0 spiro atoms. The summed E-state index contributed by atoms with van der Waals surface area (Å²) in [5.74, 6) is 0. The predicted octanol–water partition coefficient (Wildman–Crippen LogP) is 2.21. The molecule has 0 N–H and O–H groups in total. The summed E-state index contributed by atoms with van der Waals surface area (Å²) in [5.41, 5.74) is 2.13. The van der Waals surface area contributed by atoms with E-state index in [2.05, 4.69) is 0 Å². The molecule has 2 rings (SSSR count). The monoisotopic (exact) mass is 191 g/mol. The zero-order valence-electron chi connectivity index (χ0n) is 7.23. The van der Waals surface area contributed by atoms with Crippen molar-refractivity contribution in [2.45, 2.75) is 6.92 Å². The summed E-state index contributed by atoms with van der Waals surface area (Å²) in [4.78, 5) is 11.3. The van der Waals surface area contributed by atoms with Crippen LogP contribution >= 0.6 is 11.5 Å². The van der Waals surface area contributed by atoms with Crippen LogP contribution in [0, 0.1) is 6.92 Å². The molecule has 0 fully saturated rings. The fourth-order valence-corrected chi connectivity index (χ4v) is 2.02. The molecule has 0 amide bonds. The molecule has 0 bridgehead atoms. The molecule has 2 aromatic rings. The lowest BCUT2D eigenvalue weighted by molar-refractivity contribution is 1.11. The van der Waals surface area contributed by atoms with Gasteiger partial charge in [-0.2, -0.15) is 0 Å². The third-order valence-electron chi connectivity index (χ3n) is 1.91. The smallest absolute Gasteiger partial charge is 0.265 e. The summed E-state index contributed by atoms with van der Waals surface area (Å²) in [6.45, 7) is 2.00. The van der Waals surface area contributed by atoms with E-state index in [4.69, 9.17) is 0 Å². The first kappa shape index (κ1) is 8.26. The van der Waals surface area contributed by atoms with Crippen molar-refractivity contribution in [2.75, 3.05) is 0 Å². The van der Waals surface area contributed by atoms with Crippen molar-refractivity contribution < 1.29 is 0 Å². The third kappa shape index (κ3) is 1.42. The summed E-state index contributed by atoms with van der Waals surface area (Å²) in [6, 6.07) is 9.44. The van der Waals surface area contributed by atoms with Crippen LogP contribution in [-0.2, 0) is 0 Å². The van der Waals surface area contributed by atoms with Gasteiger partial charge in [-0.05, 0) is 18.6 Å². The molecular weight excluding hydrogens is 182 g/mol. The zero-order chi connectivity index (χ0) is 9.26. The molecule has 1 aromatic carbocycles. The molecule has 3 heteroatoms. The van der Waals surface area contributed by atoms with Crippen molar-refractivity contribution in [3.05, 3.63) is 51.6 Å². The van der Waals surface area contributed by atoms with Crippen molar-refractivity contribution in [3.8, 4) is 5.69 Å². The van der Waals surface area contributed by atoms with Crippen LogP contribution < -0.4 is 5.56 Å². The zero-order valence-corrected chi connectivity index (χ0v) is 8.04.